The molecule has 20 heavy (non-hydrogen) atoms. The largest absolute Gasteiger partial charge is 0.369 e. The van der Waals surface area contributed by atoms with Gasteiger partial charge in [-0.25, -0.2) is 8.42 Å². The van der Waals surface area contributed by atoms with E-state index in [2.05, 4.69) is 5.32 Å². The normalized spacial score (nSPS) is 17.6. The molecule has 1 aromatic rings. The highest BCUT2D eigenvalue weighted by Gasteiger charge is 2.25. The molecule has 0 aromatic carbocycles. The lowest BCUT2D eigenvalue weighted by molar-refractivity contribution is -0.383. The molecule has 0 atom stereocenters. The van der Waals surface area contributed by atoms with Gasteiger partial charge >= 0.3 is 5.69 Å². The molecule has 112 valence electrons. The molecule has 1 saturated carbocycles. The highest BCUT2D eigenvalue weighted by molar-refractivity contribution is 7.92. The third-order valence-electron chi connectivity index (χ3n) is 3.44. The van der Waals surface area contributed by atoms with Crippen molar-refractivity contribution in [3.05, 3.63) is 16.2 Å². The van der Waals surface area contributed by atoms with E-state index in [-0.39, 0.29) is 15.9 Å². The maximum absolute atomic E-state index is 11.5. The van der Waals surface area contributed by atoms with Crippen molar-refractivity contribution in [1.29, 1.82) is 0 Å². The number of hydrogen-bond acceptors (Lipinski definition) is 6. The first-order valence-corrected chi connectivity index (χ1v) is 9.33. The second-order valence-electron chi connectivity index (χ2n) is 5.14. The molecule has 1 fully saturated rings. The van der Waals surface area contributed by atoms with Crippen molar-refractivity contribution >= 4 is 31.9 Å². The van der Waals surface area contributed by atoms with Crippen molar-refractivity contribution in [3.8, 4) is 0 Å². The summed E-state index contributed by atoms with van der Waals surface area (Å²) in [6, 6.07) is 1.35. The van der Waals surface area contributed by atoms with Crippen molar-refractivity contribution in [2.45, 2.75) is 48.8 Å². The van der Waals surface area contributed by atoms with Crippen molar-refractivity contribution in [3.63, 3.8) is 0 Å². The molecule has 8 heteroatoms. The van der Waals surface area contributed by atoms with Gasteiger partial charge in [-0.1, -0.05) is 37.0 Å². The molecule has 0 amide bonds. The third-order valence-corrected chi connectivity index (χ3v) is 6.30. The van der Waals surface area contributed by atoms with Crippen LogP contribution in [-0.2, 0) is 9.84 Å². The minimum absolute atomic E-state index is 0.0420. The third kappa shape index (κ3) is 3.69. The number of rotatable bonds is 4. The summed E-state index contributed by atoms with van der Waals surface area (Å²) in [6.45, 7) is 0. The molecular formula is C12H18N2O4S2. The van der Waals surface area contributed by atoms with Gasteiger partial charge in [-0.05, 0) is 12.8 Å². The standard InChI is InChI=1S/C12H18N2O4S2/c1-20(17,18)11-8-10(14(15)16)12(19-11)13-9-6-4-2-3-5-7-9/h8-9,13H,2-7H2,1H3. The second kappa shape index (κ2) is 6.09. The Hall–Kier alpha value is -1.15. The number of nitrogens with zero attached hydrogens (tertiary/aromatic N) is 1. The predicted octanol–water partition coefficient (Wildman–Crippen LogP) is 3.19. The molecule has 2 rings (SSSR count). The first kappa shape index (κ1) is 15.2. The van der Waals surface area contributed by atoms with Gasteiger partial charge in [-0.2, -0.15) is 0 Å². The van der Waals surface area contributed by atoms with E-state index in [1.54, 1.807) is 0 Å². The van der Waals surface area contributed by atoms with Gasteiger partial charge < -0.3 is 5.32 Å². The molecule has 0 bridgehead atoms. The topological polar surface area (TPSA) is 89.3 Å². The Morgan fingerprint density at radius 2 is 1.90 bits per heavy atom. The Morgan fingerprint density at radius 3 is 2.40 bits per heavy atom. The lowest BCUT2D eigenvalue weighted by atomic mass is 10.1. The van der Waals surface area contributed by atoms with E-state index in [9.17, 15) is 18.5 Å². The lowest BCUT2D eigenvalue weighted by Crippen LogP contribution is -2.17. The minimum Gasteiger partial charge on any atom is -0.369 e. The maximum Gasteiger partial charge on any atom is 0.304 e. The summed E-state index contributed by atoms with van der Waals surface area (Å²) in [5.74, 6) is 0. The number of thiophene rings is 1. The quantitative estimate of drug-likeness (QED) is 0.523. The van der Waals surface area contributed by atoms with Crippen LogP contribution in [0.4, 0.5) is 10.7 Å². The van der Waals surface area contributed by atoms with Gasteiger partial charge in [0.25, 0.3) is 0 Å². The smallest absolute Gasteiger partial charge is 0.304 e. The van der Waals surface area contributed by atoms with Crippen LogP contribution in [0.25, 0.3) is 0 Å². The zero-order chi connectivity index (χ0) is 14.8. The highest BCUT2D eigenvalue weighted by atomic mass is 32.2. The van der Waals surface area contributed by atoms with Crippen LogP contribution in [0, 0.1) is 10.1 Å². The molecule has 1 aliphatic rings. The molecule has 1 heterocycles. The molecule has 0 saturated heterocycles. The Morgan fingerprint density at radius 1 is 1.30 bits per heavy atom. The van der Waals surface area contributed by atoms with Crippen LogP contribution in [0.2, 0.25) is 0 Å². The molecule has 0 aliphatic heterocycles. The minimum atomic E-state index is -3.41. The summed E-state index contributed by atoms with van der Waals surface area (Å²) < 4.78 is 23.1. The second-order valence-corrected chi connectivity index (χ2v) is 8.44. The SMILES string of the molecule is CS(=O)(=O)c1cc([N+](=O)[O-])c(NC2CCCCCC2)s1. The van der Waals surface area contributed by atoms with Crippen molar-refractivity contribution in [2.75, 3.05) is 11.6 Å². The van der Waals surface area contributed by atoms with E-state index in [0.717, 1.165) is 49.3 Å². The Bertz CT molecular complexity index is 587. The number of hydrogen-bond donors (Lipinski definition) is 1. The van der Waals surface area contributed by atoms with Gasteiger partial charge in [0.1, 0.15) is 4.21 Å². The van der Waals surface area contributed by atoms with E-state index >= 15 is 0 Å². The van der Waals surface area contributed by atoms with Crippen LogP contribution in [0.3, 0.4) is 0 Å². The monoisotopic (exact) mass is 318 g/mol. The van der Waals surface area contributed by atoms with Crippen LogP contribution in [0.15, 0.2) is 10.3 Å². The van der Waals surface area contributed by atoms with Crippen LogP contribution in [0.1, 0.15) is 38.5 Å². The fourth-order valence-corrected chi connectivity index (χ4v) is 4.41. The molecule has 1 aliphatic carbocycles. The maximum atomic E-state index is 11.5. The first-order chi connectivity index (χ1) is 9.38. The van der Waals surface area contributed by atoms with Crippen LogP contribution in [0.5, 0.6) is 0 Å². The van der Waals surface area contributed by atoms with E-state index < -0.39 is 14.8 Å². The van der Waals surface area contributed by atoms with Gasteiger partial charge in [0, 0.05) is 18.4 Å². The molecule has 0 spiro atoms. The van der Waals surface area contributed by atoms with Gasteiger partial charge in [0.05, 0.1) is 4.92 Å². The first-order valence-electron chi connectivity index (χ1n) is 6.63. The fourth-order valence-electron chi connectivity index (χ4n) is 2.39. The lowest BCUT2D eigenvalue weighted by Gasteiger charge is -2.15. The van der Waals surface area contributed by atoms with Gasteiger partial charge in [-0.15, -0.1) is 0 Å². The average Bonchev–Trinajstić information content (AvgIpc) is 2.60. The van der Waals surface area contributed by atoms with Crippen molar-refractivity contribution in [1.82, 2.24) is 0 Å². The van der Waals surface area contributed by atoms with Crippen molar-refractivity contribution in [2.24, 2.45) is 0 Å². The van der Waals surface area contributed by atoms with Crippen LogP contribution in [-0.4, -0.2) is 25.6 Å². The fraction of sp³-hybridized carbons (Fsp3) is 0.667. The molecule has 1 aromatic heterocycles. The number of sulfone groups is 1. The summed E-state index contributed by atoms with van der Waals surface area (Å²) in [4.78, 5) is 10.5. The number of anilines is 1. The summed E-state index contributed by atoms with van der Waals surface area (Å²) in [5, 5.41) is 14.6. The van der Waals surface area contributed by atoms with E-state index in [0.29, 0.717) is 5.00 Å². The molecular weight excluding hydrogens is 300 g/mol. The van der Waals surface area contributed by atoms with Gasteiger partial charge in [-0.3, -0.25) is 10.1 Å². The highest BCUT2D eigenvalue weighted by Crippen LogP contribution is 2.38. The average molecular weight is 318 g/mol. The summed E-state index contributed by atoms with van der Waals surface area (Å²) in [6.07, 6.45) is 7.62. The summed E-state index contributed by atoms with van der Waals surface area (Å²) in [5.41, 5.74) is -0.139. The van der Waals surface area contributed by atoms with Gasteiger partial charge in [0.2, 0.25) is 0 Å². The number of nitro groups is 1. The molecule has 0 radical (unpaired) electrons. The zero-order valence-electron chi connectivity index (χ0n) is 11.3. The van der Waals surface area contributed by atoms with Crippen LogP contribution >= 0.6 is 11.3 Å². The van der Waals surface area contributed by atoms with E-state index in [1.165, 1.54) is 12.8 Å². The van der Waals surface area contributed by atoms with E-state index in [4.69, 9.17) is 0 Å². The molecule has 0 unspecified atom stereocenters. The van der Waals surface area contributed by atoms with Crippen LogP contribution < -0.4 is 5.32 Å². The predicted molar refractivity (Wildman–Crippen MR) is 79.2 cm³/mol. The summed E-state index contributed by atoms with van der Waals surface area (Å²) in [7, 11) is -3.41. The Labute approximate surface area is 122 Å². The van der Waals surface area contributed by atoms with E-state index in [1.807, 2.05) is 0 Å². The summed E-state index contributed by atoms with van der Waals surface area (Å²) >= 11 is 0.954. The number of nitrogens with one attached hydrogen (secondary N) is 1. The Kier molecular flexibility index (Phi) is 4.64. The molecule has 6 nitrogen and oxygen atoms in total. The van der Waals surface area contributed by atoms with Crippen molar-refractivity contribution < 1.29 is 13.3 Å². The van der Waals surface area contributed by atoms with Gasteiger partial charge in [0.15, 0.2) is 14.8 Å². The Balaban J connectivity index is 2.25. The zero-order valence-corrected chi connectivity index (χ0v) is 12.9. The molecule has 1 N–H and O–H groups in total.